The number of nitrogens with one attached hydrogen (secondary N) is 2. The monoisotopic (exact) mass is 701 g/mol. The van der Waals surface area contributed by atoms with Crippen LogP contribution in [0.1, 0.15) is 5.56 Å². The minimum absolute atomic E-state index is 0.338. The van der Waals surface area contributed by atoms with Crippen molar-refractivity contribution < 1.29 is 78.5 Å². The van der Waals surface area contributed by atoms with Crippen molar-refractivity contribution >= 4 is 49.0 Å². The van der Waals surface area contributed by atoms with Crippen LogP contribution in [0.4, 0.5) is 68.9 Å². The lowest BCUT2D eigenvalue weighted by Crippen LogP contribution is -2.63. The number of carbonyl (C=O) groups excluding carboxylic acids is 1. The molecule has 0 saturated heterocycles. The normalized spacial score (nSPS) is 13.7. The van der Waals surface area contributed by atoms with Crippen molar-refractivity contribution in [3.05, 3.63) is 47.0 Å². The molecular weight excluding hydrogens is 694 g/mol. The van der Waals surface area contributed by atoms with Gasteiger partial charge in [-0.05, 0) is 36.4 Å². The second kappa shape index (κ2) is 11.1. The Hall–Kier alpha value is -3.65. The van der Waals surface area contributed by atoms with Crippen LogP contribution in [0.5, 0.6) is 5.75 Å². The summed E-state index contributed by atoms with van der Waals surface area (Å²) in [6.45, 7) is 0. The van der Waals surface area contributed by atoms with Gasteiger partial charge in [0.15, 0.2) is 5.75 Å². The van der Waals surface area contributed by atoms with Crippen molar-refractivity contribution in [2.45, 2.75) is 33.7 Å². The molecule has 0 aliphatic heterocycles. The van der Waals surface area contributed by atoms with E-state index in [1.54, 1.807) is 0 Å². The molecular formula is C19H8ClF12N3O6S2. The van der Waals surface area contributed by atoms with Crippen molar-refractivity contribution in [3.8, 4) is 11.8 Å². The Morgan fingerprint density at radius 3 is 1.72 bits per heavy atom. The number of carbonyl (C=O) groups is 1. The molecule has 2 aromatic rings. The fourth-order valence-corrected chi connectivity index (χ4v) is 4.67. The highest BCUT2D eigenvalue weighted by Gasteiger charge is 2.86. The zero-order chi connectivity index (χ0) is 33.6. The second-order valence-electron chi connectivity index (χ2n) is 7.70. The van der Waals surface area contributed by atoms with Crippen molar-refractivity contribution in [2.75, 3.05) is 10.6 Å². The van der Waals surface area contributed by atoms with E-state index < -0.39 is 81.7 Å². The van der Waals surface area contributed by atoms with Crippen LogP contribution >= 0.6 is 11.6 Å². The number of alkyl halides is 12. The summed E-state index contributed by atoms with van der Waals surface area (Å²) in [6.07, 6.45) is -7.36. The highest BCUT2D eigenvalue weighted by Crippen LogP contribution is 2.55. The van der Waals surface area contributed by atoms with E-state index in [0.717, 1.165) is 6.07 Å². The van der Waals surface area contributed by atoms with Crippen LogP contribution in [0.3, 0.4) is 0 Å². The van der Waals surface area contributed by atoms with E-state index in [1.807, 2.05) is 10.6 Å². The number of nitriles is 1. The summed E-state index contributed by atoms with van der Waals surface area (Å²) >= 11 is 5.57. The maximum atomic E-state index is 13.9. The van der Waals surface area contributed by atoms with Crippen LogP contribution in [-0.2, 0) is 20.0 Å². The Bertz CT molecular complexity index is 1670. The van der Waals surface area contributed by atoms with Crippen LogP contribution < -0.4 is 14.8 Å². The van der Waals surface area contributed by atoms with Gasteiger partial charge in [0.2, 0.25) is 0 Å². The molecule has 0 saturated carbocycles. The molecule has 0 aliphatic carbocycles. The van der Waals surface area contributed by atoms with Gasteiger partial charge in [-0.25, -0.2) is 13.2 Å². The van der Waals surface area contributed by atoms with Crippen LogP contribution in [0.25, 0.3) is 0 Å². The number of halogens is 13. The highest BCUT2D eigenvalue weighted by molar-refractivity contribution is 7.92. The molecule has 0 aromatic heterocycles. The number of sulfone groups is 1. The van der Waals surface area contributed by atoms with Gasteiger partial charge in [-0.15, -0.1) is 0 Å². The average molecular weight is 702 g/mol. The quantitative estimate of drug-likeness (QED) is 0.244. The summed E-state index contributed by atoms with van der Waals surface area (Å²) < 4.78 is 206. The molecule has 2 aromatic carbocycles. The molecule has 24 heteroatoms. The van der Waals surface area contributed by atoms with Gasteiger partial charge >= 0.3 is 44.9 Å². The molecule has 9 nitrogen and oxygen atoms in total. The van der Waals surface area contributed by atoms with E-state index in [1.165, 1.54) is 0 Å². The lowest BCUT2D eigenvalue weighted by Gasteiger charge is -2.32. The van der Waals surface area contributed by atoms with Crippen molar-refractivity contribution in [1.82, 2.24) is 0 Å². The number of anilines is 2. The number of nitrogens with zero attached hydrogens (tertiary/aromatic N) is 1. The van der Waals surface area contributed by atoms with E-state index >= 15 is 0 Å². The molecule has 238 valence electrons. The first-order chi connectivity index (χ1) is 19.1. The lowest BCUT2D eigenvalue weighted by molar-refractivity contribution is -0.382. The lowest BCUT2D eigenvalue weighted by atomic mass is 10.1. The SMILES string of the molecule is N#Cc1cc(NC(=O)Nc2ccc(S(=O)(=O)C(F)(F)F)cc2)cc(Cl)c1OS(=O)(=O)C(F)(F)C(F)(F)C(F)(F)C(F)(F)F. The van der Waals surface area contributed by atoms with E-state index in [0.29, 0.717) is 36.4 Å². The molecule has 43 heavy (non-hydrogen) atoms. The number of hydrogen-bond donors (Lipinski definition) is 2. The number of amides is 2. The summed E-state index contributed by atoms with van der Waals surface area (Å²) in [4.78, 5) is 10.9. The zero-order valence-corrected chi connectivity index (χ0v) is 22.0. The molecule has 0 heterocycles. The van der Waals surface area contributed by atoms with Crippen molar-refractivity contribution in [3.63, 3.8) is 0 Å². The van der Waals surface area contributed by atoms with E-state index in [2.05, 4.69) is 4.18 Å². The topological polar surface area (TPSA) is 142 Å². The van der Waals surface area contributed by atoms with E-state index in [-0.39, 0.29) is 5.69 Å². The first-order valence-corrected chi connectivity index (χ1v) is 13.3. The van der Waals surface area contributed by atoms with Crippen molar-refractivity contribution in [2.24, 2.45) is 0 Å². The first kappa shape index (κ1) is 35.5. The van der Waals surface area contributed by atoms with Crippen LogP contribution in [0, 0.1) is 11.3 Å². The summed E-state index contributed by atoms with van der Waals surface area (Å²) in [5, 5.41) is 4.41. The summed E-state index contributed by atoms with van der Waals surface area (Å²) in [7, 11) is -13.2. The maximum Gasteiger partial charge on any atom is 0.501 e. The number of benzene rings is 2. The second-order valence-corrected chi connectivity index (χ2v) is 11.6. The third kappa shape index (κ3) is 6.49. The molecule has 2 amide bonds. The Morgan fingerprint density at radius 2 is 1.28 bits per heavy atom. The fourth-order valence-electron chi connectivity index (χ4n) is 2.66. The van der Waals surface area contributed by atoms with Crippen LogP contribution in [0.2, 0.25) is 5.02 Å². The van der Waals surface area contributed by atoms with Gasteiger partial charge in [-0.3, -0.25) is 0 Å². The van der Waals surface area contributed by atoms with Gasteiger partial charge in [-0.2, -0.15) is 66.4 Å². The Balaban J connectivity index is 2.33. The molecule has 2 N–H and O–H groups in total. The molecule has 0 fully saturated rings. The summed E-state index contributed by atoms with van der Waals surface area (Å²) in [5.41, 5.74) is -7.90. The predicted octanol–water partition coefficient (Wildman–Crippen LogP) is 6.28. The molecule has 0 atom stereocenters. The zero-order valence-electron chi connectivity index (χ0n) is 19.6. The Labute approximate surface area is 236 Å². The standard InChI is InChI=1S/C19H8ClF12N3O6S2/c20-12-6-10(35-14(36)34-9-1-3-11(4-2-9)42(37,38)19(30,31)32)5-8(7-33)13(12)41-43(39,40)18(28,29)16(23,24)15(21,22)17(25,26)27/h1-6H,(H2,34,35,36). The molecule has 0 unspecified atom stereocenters. The van der Waals surface area contributed by atoms with Gasteiger partial charge in [0.25, 0.3) is 9.84 Å². The van der Waals surface area contributed by atoms with Gasteiger partial charge in [0, 0.05) is 11.4 Å². The third-order valence-electron chi connectivity index (χ3n) is 4.77. The van der Waals surface area contributed by atoms with Gasteiger partial charge in [0.1, 0.15) is 6.07 Å². The number of urea groups is 1. The third-order valence-corrected chi connectivity index (χ3v) is 7.83. The van der Waals surface area contributed by atoms with Crippen LogP contribution in [0.15, 0.2) is 41.3 Å². The Kier molecular flexibility index (Phi) is 9.20. The van der Waals surface area contributed by atoms with Crippen LogP contribution in [-0.4, -0.2) is 51.7 Å². The molecule has 2 rings (SSSR count). The fraction of sp³-hybridized carbons (Fsp3) is 0.263. The average Bonchev–Trinajstić information content (AvgIpc) is 2.83. The minimum atomic E-state index is -7.65. The van der Waals surface area contributed by atoms with Gasteiger partial charge in [0.05, 0.1) is 15.5 Å². The highest BCUT2D eigenvalue weighted by atomic mass is 35.5. The summed E-state index contributed by atoms with van der Waals surface area (Å²) in [5.74, 6) is -17.0. The first-order valence-electron chi connectivity index (χ1n) is 10.0. The largest absolute Gasteiger partial charge is 0.501 e. The van der Waals surface area contributed by atoms with Crippen molar-refractivity contribution in [1.29, 1.82) is 5.26 Å². The number of hydrogen-bond acceptors (Lipinski definition) is 7. The predicted molar refractivity (Wildman–Crippen MR) is 119 cm³/mol. The van der Waals surface area contributed by atoms with E-state index in [9.17, 15) is 74.3 Å². The molecule has 0 bridgehead atoms. The van der Waals surface area contributed by atoms with Gasteiger partial charge < -0.3 is 14.8 Å². The number of rotatable bonds is 8. The molecule has 0 spiro atoms. The Morgan fingerprint density at radius 1 is 0.791 bits per heavy atom. The minimum Gasteiger partial charge on any atom is -0.375 e. The summed E-state index contributed by atoms with van der Waals surface area (Å²) in [6, 6.07) is 2.80. The van der Waals surface area contributed by atoms with E-state index in [4.69, 9.17) is 16.9 Å². The maximum absolute atomic E-state index is 13.9. The smallest absolute Gasteiger partial charge is 0.375 e. The molecule has 0 radical (unpaired) electrons. The van der Waals surface area contributed by atoms with Gasteiger partial charge in [-0.1, -0.05) is 11.6 Å². The molecule has 0 aliphatic rings.